The fourth-order valence-corrected chi connectivity index (χ4v) is 5.18. The normalized spacial score (nSPS) is 11.9. The van der Waals surface area contributed by atoms with E-state index < -0.39 is 11.2 Å². The van der Waals surface area contributed by atoms with Gasteiger partial charge >= 0.3 is 0 Å². The Hall–Kier alpha value is -1.80. The van der Waals surface area contributed by atoms with Crippen LogP contribution in [0.2, 0.25) is 0 Å². The zero-order valence-electron chi connectivity index (χ0n) is 14.0. The van der Waals surface area contributed by atoms with Gasteiger partial charge in [-0.2, -0.15) is 0 Å². The number of carbonyl (C=O) groups excluding carboxylic acids is 1. The van der Waals surface area contributed by atoms with Crippen molar-refractivity contribution in [3.05, 3.63) is 76.6 Å². The van der Waals surface area contributed by atoms with Gasteiger partial charge in [0.15, 0.2) is 4.90 Å². The van der Waals surface area contributed by atoms with Crippen LogP contribution in [-0.2, 0) is 17.7 Å². The molecule has 0 radical (unpaired) electrons. The van der Waals surface area contributed by atoms with E-state index in [0.717, 1.165) is 9.77 Å². The van der Waals surface area contributed by atoms with Gasteiger partial charge in [0.2, 0.25) is 0 Å². The van der Waals surface area contributed by atoms with Crippen LogP contribution < -0.4 is 5.32 Å². The Bertz CT molecular complexity index is 826. The summed E-state index contributed by atoms with van der Waals surface area (Å²) in [5, 5.41) is 5.58. The first kappa shape index (κ1) is 19.0. The van der Waals surface area contributed by atoms with Crippen LogP contribution in [0.25, 0.3) is 0 Å². The van der Waals surface area contributed by atoms with Gasteiger partial charge in [-0.25, -0.2) is 4.98 Å². The lowest BCUT2D eigenvalue weighted by Crippen LogP contribution is -2.23. The Morgan fingerprint density at radius 2 is 2.00 bits per heavy atom. The average molecular weight is 403 g/mol. The molecule has 0 fully saturated rings. The van der Waals surface area contributed by atoms with Crippen LogP contribution >= 0.6 is 23.1 Å². The number of hydrogen-bond acceptors (Lipinski definition) is 5. The summed E-state index contributed by atoms with van der Waals surface area (Å²) in [6, 6.07) is 16.9. The topological polar surface area (TPSA) is 65.0 Å². The maximum atomic E-state index is 12.5. The summed E-state index contributed by atoms with van der Waals surface area (Å²) in [6.07, 6.45) is 1.67. The standard InChI is InChI=1S/C19H18N2O2S3/c22-18(21-14-15-6-5-11-24-15)17-9-4-10-20-19(17)25-12-13-26(23)16-7-2-1-3-8-16/h1-11H,12-14H2,(H,21,22). The Morgan fingerprint density at radius 1 is 1.15 bits per heavy atom. The number of hydrogen-bond donors (Lipinski definition) is 1. The summed E-state index contributed by atoms with van der Waals surface area (Å²) in [4.78, 5) is 18.7. The molecule has 1 unspecified atom stereocenters. The van der Waals surface area contributed by atoms with Gasteiger partial charge < -0.3 is 9.87 Å². The minimum Gasteiger partial charge on any atom is -0.611 e. The predicted octanol–water partition coefficient (Wildman–Crippen LogP) is 3.97. The zero-order valence-corrected chi connectivity index (χ0v) is 16.4. The van der Waals surface area contributed by atoms with Gasteiger partial charge in [0.05, 0.1) is 12.1 Å². The molecule has 1 N–H and O–H groups in total. The van der Waals surface area contributed by atoms with E-state index in [1.54, 1.807) is 29.7 Å². The summed E-state index contributed by atoms with van der Waals surface area (Å²) >= 11 is 2.02. The summed E-state index contributed by atoms with van der Waals surface area (Å²) in [7, 11) is 0. The number of nitrogens with zero attached hydrogens (tertiary/aromatic N) is 1. The molecule has 3 aromatic rings. The van der Waals surface area contributed by atoms with E-state index >= 15 is 0 Å². The molecule has 1 amide bonds. The number of nitrogens with one attached hydrogen (secondary N) is 1. The number of amides is 1. The van der Waals surface area contributed by atoms with Crippen molar-refractivity contribution >= 4 is 40.2 Å². The fourth-order valence-electron chi connectivity index (χ4n) is 2.26. The SMILES string of the molecule is O=C(NCc1cccs1)c1cccnc1SCC[S+]([O-])c1ccccc1. The van der Waals surface area contributed by atoms with E-state index in [2.05, 4.69) is 10.3 Å². The molecule has 2 aromatic heterocycles. The first-order valence-electron chi connectivity index (χ1n) is 8.06. The molecule has 7 heteroatoms. The third-order valence-electron chi connectivity index (χ3n) is 3.53. The van der Waals surface area contributed by atoms with Gasteiger partial charge in [0.25, 0.3) is 5.91 Å². The predicted molar refractivity (Wildman–Crippen MR) is 108 cm³/mol. The van der Waals surface area contributed by atoms with E-state index in [-0.39, 0.29) is 5.91 Å². The maximum absolute atomic E-state index is 12.5. The molecule has 0 saturated heterocycles. The van der Waals surface area contributed by atoms with E-state index in [0.29, 0.717) is 28.6 Å². The Labute approximate surface area is 164 Å². The van der Waals surface area contributed by atoms with Crippen molar-refractivity contribution in [2.45, 2.75) is 16.5 Å². The summed E-state index contributed by atoms with van der Waals surface area (Å²) in [5.74, 6) is 1.00. The number of pyridine rings is 1. The first-order chi connectivity index (χ1) is 12.7. The first-order valence-corrected chi connectivity index (χ1v) is 11.2. The molecular weight excluding hydrogens is 384 g/mol. The van der Waals surface area contributed by atoms with Crippen molar-refractivity contribution in [3.63, 3.8) is 0 Å². The molecule has 0 bridgehead atoms. The van der Waals surface area contributed by atoms with Crippen LogP contribution in [0, 0.1) is 0 Å². The van der Waals surface area contributed by atoms with Crippen LogP contribution in [0.4, 0.5) is 0 Å². The molecule has 1 atom stereocenters. The third kappa shape index (κ3) is 5.35. The molecule has 0 saturated carbocycles. The van der Waals surface area contributed by atoms with E-state index in [4.69, 9.17) is 0 Å². The van der Waals surface area contributed by atoms with E-state index in [1.165, 1.54) is 11.8 Å². The van der Waals surface area contributed by atoms with Gasteiger partial charge in [-0.3, -0.25) is 4.79 Å². The molecule has 26 heavy (non-hydrogen) atoms. The van der Waals surface area contributed by atoms with Crippen LogP contribution in [0.1, 0.15) is 15.2 Å². The number of carbonyl (C=O) groups is 1. The van der Waals surface area contributed by atoms with Gasteiger partial charge in [0, 0.05) is 16.8 Å². The minimum atomic E-state index is -1.05. The number of thioether (sulfide) groups is 1. The largest absolute Gasteiger partial charge is 0.611 e. The lowest BCUT2D eigenvalue weighted by Gasteiger charge is -2.11. The van der Waals surface area contributed by atoms with Crippen molar-refractivity contribution in [1.29, 1.82) is 0 Å². The average Bonchev–Trinajstić information content (AvgIpc) is 3.21. The minimum absolute atomic E-state index is 0.141. The zero-order chi connectivity index (χ0) is 18.2. The van der Waals surface area contributed by atoms with Gasteiger partial charge in [-0.1, -0.05) is 24.3 Å². The highest BCUT2D eigenvalue weighted by atomic mass is 32.2. The van der Waals surface area contributed by atoms with Crippen molar-refractivity contribution < 1.29 is 9.35 Å². The molecular formula is C19H18N2O2S3. The van der Waals surface area contributed by atoms with Crippen LogP contribution in [0.3, 0.4) is 0 Å². The second kappa shape index (κ2) is 9.78. The highest BCUT2D eigenvalue weighted by molar-refractivity contribution is 8.00. The lowest BCUT2D eigenvalue weighted by atomic mass is 10.2. The molecule has 0 aliphatic rings. The van der Waals surface area contributed by atoms with Gasteiger partial charge in [0.1, 0.15) is 10.8 Å². The highest BCUT2D eigenvalue weighted by Crippen LogP contribution is 2.22. The second-order valence-corrected chi connectivity index (χ2v) is 9.02. The van der Waals surface area contributed by atoms with Crippen molar-refractivity contribution in [1.82, 2.24) is 10.3 Å². The molecule has 2 heterocycles. The smallest absolute Gasteiger partial charge is 0.254 e. The quantitative estimate of drug-likeness (QED) is 0.457. The number of benzene rings is 1. The molecule has 4 nitrogen and oxygen atoms in total. The molecule has 0 spiro atoms. The van der Waals surface area contributed by atoms with E-state index in [9.17, 15) is 9.35 Å². The third-order valence-corrected chi connectivity index (χ3v) is 7.05. The summed E-state index contributed by atoms with van der Waals surface area (Å²) in [5.41, 5.74) is 0.555. The Balaban J connectivity index is 1.55. The number of aromatic nitrogens is 1. The van der Waals surface area contributed by atoms with Crippen LogP contribution in [-0.4, -0.2) is 26.9 Å². The second-order valence-electron chi connectivity index (χ2n) is 5.33. The molecule has 1 aromatic carbocycles. The van der Waals surface area contributed by atoms with Crippen molar-refractivity contribution in [2.24, 2.45) is 0 Å². The summed E-state index contributed by atoms with van der Waals surface area (Å²) < 4.78 is 12.3. The van der Waals surface area contributed by atoms with E-state index in [1.807, 2.05) is 47.8 Å². The summed E-state index contributed by atoms with van der Waals surface area (Å²) in [6.45, 7) is 0.507. The van der Waals surface area contributed by atoms with Crippen molar-refractivity contribution in [2.75, 3.05) is 11.5 Å². The highest BCUT2D eigenvalue weighted by Gasteiger charge is 2.15. The number of rotatable bonds is 8. The maximum Gasteiger partial charge on any atom is 0.254 e. The molecule has 0 aliphatic heterocycles. The molecule has 134 valence electrons. The molecule has 3 rings (SSSR count). The van der Waals surface area contributed by atoms with Crippen molar-refractivity contribution in [3.8, 4) is 0 Å². The molecule has 0 aliphatic carbocycles. The van der Waals surface area contributed by atoms with Crippen LogP contribution in [0.5, 0.6) is 0 Å². The number of thiophene rings is 1. The lowest BCUT2D eigenvalue weighted by molar-refractivity contribution is 0.0947. The monoisotopic (exact) mass is 402 g/mol. The van der Waals surface area contributed by atoms with Gasteiger partial charge in [-0.15, -0.1) is 23.1 Å². The van der Waals surface area contributed by atoms with Gasteiger partial charge in [-0.05, 0) is 46.9 Å². The Morgan fingerprint density at radius 3 is 2.77 bits per heavy atom. The fraction of sp³-hybridized carbons (Fsp3) is 0.158. The Kier molecular flexibility index (Phi) is 7.13. The van der Waals surface area contributed by atoms with Crippen LogP contribution in [0.15, 0.2) is 76.1 Å².